The largest absolute Gasteiger partial charge is 0.338 e. The lowest BCUT2D eigenvalue weighted by molar-refractivity contribution is 0.311. The molecule has 2 heterocycles. The van der Waals surface area contributed by atoms with Crippen LogP contribution in [0.4, 0.5) is 5.95 Å². The Balaban J connectivity index is 1.56. The Bertz CT molecular complexity index is 379. The van der Waals surface area contributed by atoms with E-state index in [-0.39, 0.29) is 0 Å². The van der Waals surface area contributed by atoms with Crippen LogP contribution in [0.3, 0.4) is 0 Å². The smallest absolute Gasteiger partial charge is 0.225 e. The number of aromatic nitrogens is 2. The second-order valence-corrected chi connectivity index (χ2v) is 5.34. The predicted octanol–water partition coefficient (Wildman–Crippen LogP) is 0.480. The molecule has 5 heteroatoms. The molecule has 1 aromatic heterocycles. The summed E-state index contributed by atoms with van der Waals surface area (Å²) in [6.45, 7) is 5.13. The van der Waals surface area contributed by atoms with Crippen molar-refractivity contribution in [2.75, 3.05) is 38.1 Å². The molecule has 1 N–H and O–H groups in total. The van der Waals surface area contributed by atoms with Crippen molar-refractivity contribution in [2.45, 2.75) is 25.4 Å². The summed E-state index contributed by atoms with van der Waals surface area (Å²) < 4.78 is 0. The zero-order valence-corrected chi connectivity index (χ0v) is 11.0. The summed E-state index contributed by atoms with van der Waals surface area (Å²) in [6, 6.07) is 0.738. The Morgan fingerprint density at radius 2 is 1.83 bits per heavy atom. The number of hydrogen-bond acceptors (Lipinski definition) is 5. The van der Waals surface area contributed by atoms with Gasteiger partial charge >= 0.3 is 0 Å². The summed E-state index contributed by atoms with van der Waals surface area (Å²) in [6.07, 6.45) is 6.55. The third kappa shape index (κ3) is 2.97. The lowest BCUT2D eigenvalue weighted by Gasteiger charge is -2.32. The van der Waals surface area contributed by atoms with Crippen LogP contribution in [0.5, 0.6) is 0 Å². The summed E-state index contributed by atoms with van der Waals surface area (Å²) >= 11 is 0. The van der Waals surface area contributed by atoms with E-state index in [0.717, 1.165) is 44.7 Å². The van der Waals surface area contributed by atoms with Gasteiger partial charge in [0.2, 0.25) is 5.95 Å². The van der Waals surface area contributed by atoms with Crippen molar-refractivity contribution in [3.8, 4) is 0 Å². The number of anilines is 1. The Labute approximate surface area is 108 Å². The number of piperazine rings is 1. The van der Waals surface area contributed by atoms with Gasteiger partial charge in [-0.25, -0.2) is 9.97 Å². The van der Waals surface area contributed by atoms with E-state index in [9.17, 15) is 0 Å². The Kier molecular flexibility index (Phi) is 3.43. The number of rotatable bonds is 4. The SMILES string of the molecule is CN1CCN(c2ncc(CNC3CC3)cn2)CC1. The molecule has 98 valence electrons. The first-order chi connectivity index (χ1) is 8.81. The average molecular weight is 247 g/mol. The minimum Gasteiger partial charge on any atom is -0.338 e. The predicted molar refractivity (Wildman–Crippen MR) is 71.6 cm³/mol. The van der Waals surface area contributed by atoms with Crippen LogP contribution in [0.2, 0.25) is 0 Å². The maximum absolute atomic E-state index is 4.48. The maximum Gasteiger partial charge on any atom is 0.225 e. The Morgan fingerprint density at radius 3 is 2.44 bits per heavy atom. The molecular formula is C13H21N5. The van der Waals surface area contributed by atoms with Crippen molar-refractivity contribution in [3.63, 3.8) is 0 Å². The highest BCUT2D eigenvalue weighted by molar-refractivity contribution is 5.30. The summed E-state index contributed by atoms with van der Waals surface area (Å²) in [5.74, 6) is 0.873. The second kappa shape index (κ2) is 5.20. The van der Waals surface area contributed by atoms with Gasteiger partial charge in [0.25, 0.3) is 0 Å². The highest BCUT2D eigenvalue weighted by Gasteiger charge is 2.20. The minimum atomic E-state index is 0.738. The molecule has 0 bridgehead atoms. The maximum atomic E-state index is 4.48. The van der Waals surface area contributed by atoms with Crippen LogP contribution < -0.4 is 10.2 Å². The number of likely N-dealkylation sites (N-methyl/N-ethyl adjacent to an activating group) is 1. The standard InChI is InChI=1S/C13H21N5/c1-17-4-6-18(7-5-17)13-15-9-11(10-16-13)8-14-12-2-3-12/h9-10,12,14H,2-8H2,1H3. The molecule has 2 aliphatic rings. The van der Waals surface area contributed by atoms with Crippen molar-refractivity contribution >= 4 is 5.95 Å². The van der Waals surface area contributed by atoms with Gasteiger partial charge in [-0.05, 0) is 19.9 Å². The zero-order valence-electron chi connectivity index (χ0n) is 11.0. The number of nitrogens with one attached hydrogen (secondary N) is 1. The first kappa shape index (κ1) is 11.9. The Morgan fingerprint density at radius 1 is 1.17 bits per heavy atom. The lowest BCUT2D eigenvalue weighted by Crippen LogP contribution is -2.45. The van der Waals surface area contributed by atoms with Gasteiger partial charge in [0.1, 0.15) is 0 Å². The first-order valence-corrected chi connectivity index (χ1v) is 6.79. The van der Waals surface area contributed by atoms with E-state index in [4.69, 9.17) is 0 Å². The van der Waals surface area contributed by atoms with E-state index in [1.54, 1.807) is 0 Å². The molecular weight excluding hydrogens is 226 g/mol. The molecule has 18 heavy (non-hydrogen) atoms. The van der Waals surface area contributed by atoms with E-state index in [2.05, 4.69) is 32.1 Å². The molecule has 3 rings (SSSR count). The molecule has 0 spiro atoms. The van der Waals surface area contributed by atoms with Crippen LogP contribution in [0.15, 0.2) is 12.4 Å². The molecule has 1 aliphatic heterocycles. The number of nitrogens with zero attached hydrogens (tertiary/aromatic N) is 4. The monoisotopic (exact) mass is 247 g/mol. The minimum absolute atomic E-state index is 0.738. The van der Waals surface area contributed by atoms with Crippen molar-refractivity contribution in [1.82, 2.24) is 20.2 Å². The third-order valence-electron chi connectivity index (χ3n) is 3.65. The fourth-order valence-electron chi connectivity index (χ4n) is 2.16. The molecule has 0 amide bonds. The van der Waals surface area contributed by atoms with E-state index in [1.165, 1.54) is 18.4 Å². The summed E-state index contributed by atoms with van der Waals surface area (Å²) in [4.78, 5) is 13.6. The lowest BCUT2D eigenvalue weighted by atomic mass is 10.3. The van der Waals surface area contributed by atoms with Crippen LogP contribution in [-0.4, -0.2) is 54.1 Å². The second-order valence-electron chi connectivity index (χ2n) is 5.34. The first-order valence-electron chi connectivity index (χ1n) is 6.79. The van der Waals surface area contributed by atoms with Gasteiger partial charge in [-0.1, -0.05) is 0 Å². The summed E-state index contributed by atoms with van der Waals surface area (Å²) in [5.41, 5.74) is 1.18. The van der Waals surface area contributed by atoms with Gasteiger partial charge in [0, 0.05) is 56.7 Å². The van der Waals surface area contributed by atoms with Gasteiger partial charge in [0.05, 0.1) is 0 Å². The van der Waals surface area contributed by atoms with Crippen LogP contribution >= 0.6 is 0 Å². The summed E-state index contributed by atoms with van der Waals surface area (Å²) in [7, 11) is 2.16. The number of hydrogen-bond donors (Lipinski definition) is 1. The van der Waals surface area contributed by atoms with Crippen molar-refractivity contribution in [3.05, 3.63) is 18.0 Å². The van der Waals surface area contributed by atoms with E-state index < -0.39 is 0 Å². The van der Waals surface area contributed by atoms with Gasteiger partial charge < -0.3 is 15.1 Å². The van der Waals surface area contributed by atoms with Gasteiger partial charge in [-0.3, -0.25) is 0 Å². The molecule has 5 nitrogen and oxygen atoms in total. The van der Waals surface area contributed by atoms with Crippen LogP contribution in [0.25, 0.3) is 0 Å². The van der Waals surface area contributed by atoms with E-state index in [0.29, 0.717) is 0 Å². The van der Waals surface area contributed by atoms with E-state index >= 15 is 0 Å². The van der Waals surface area contributed by atoms with Crippen molar-refractivity contribution in [1.29, 1.82) is 0 Å². The fourth-order valence-corrected chi connectivity index (χ4v) is 2.16. The molecule has 1 aromatic rings. The third-order valence-corrected chi connectivity index (χ3v) is 3.65. The average Bonchev–Trinajstić information content (AvgIpc) is 3.22. The zero-order chi connectivity index (χ0) is 12.4. The molecule has 0 radical (unpaired) electrons. The quantitative estimate of drug-likeness (QED) is 0.838. The van der Waals surface area contributed by atoms with E-state index in [1.807, 2.05) is 12.4 Å². The molecule has 0 aromatic carbocycles. The fraction of sp³-hybridized carbons (Fsp3) is 0.692. The van der Waals surface area contributed by atoms with Crippen LogP contribution in [-0.2, 0) is 6.54 Å². The summed E-state index contributed by atoms with van der Waals surface area (Å²) in [5, 5.41) is 3.48. The van der Waals surface area contributed by atoms with Crippen molar-refractivity contribution in [2.24, 2.45) is 0 Å². The molecule has 1 saturated heterocycles. The van der Waals surface area contributed by atoms with Gasteiger partial charge in [-0.15, -0.1) is 0 Å². The van der Waals surface area contributed by atoms with Crippen LogP contribution in [0.1, 0.15) is 18.4 Å². The van der Waals surface area contributed by atoms with Crippen LogP contribution in [0, 0.1) is 0 Å². The van der Waals surface area contributed by atoms with Crippen molar-refractivity contribution < 1.29 is 0 Å². The topological polar surface area (TPSA) is 44.3 Å². The highest BCUT2D eigenvalue weighted by Crippen LogP contribution is 2.19. The molecule has 2 fully saturated rings. The van der Waals surface area contributed by atoms with Gasteiger partial charge in [0.15, 0.2) is 0 Å². The normalized spacial score (nSPS) is 21.3. The van der Waals surface area contributed by atoms with Gasteiger partial charge in [-0.2, -0.15) is 0 Å². The highest BCUT2D eigenvalue weighted by atomic mass is 15.3. The molecule has 0 unspecified atom stereocenters. The molecule has 1 aliphatic carbocycles. The molecule has 0 atom stereocenters. The Hall–Kier alpha value is -1.20. The molecule has 1 saturated carbocycles.